The van der Waals surface area contributed by atoms with Gasteiger partial charge in [-0.05, 0) is 0 Å². The Kier molecular flexibility index (Phi) is 3.96. The van der Waals surface area contributed by atoms with Crippen LogP contribution in [0.5, 0.6) is 0 Å². The molecule has 0 aliphatic rings. The first-order valence-electron chi connectivity index (χ1n) is 11.3. The summed E-state index contributed by atoms with van der Waals surface area (Å²) in [6, 6.07) is 11.5. The van der Waals surface area contributed by atoms with Crippen molar-refractivity contribution in [3.05, 3.63) is 53.9 Å². The van der Waals surface area contributed by atoms with E-state index >= 15 is 0 Å². The molecule has 4 heteroatoms. The first kappa shape index (κ1) is 15.7. The average molecular weight is 436 g/mol. The van der Waals surface area contributed by atoms with E-state index in [1.54, 1.807) is 12.1 Å². The van der Waals surface area contributed by atoms with Crippen LogP contribution in [-0.2, 0) is 6.42 Å². The molecule has 28 heavy (non-hydrogen) atoms. The normalized spacial score (nSPS) is 14.4. The maximum atomic E-state index is 7.63. The number of furan rings is 1. The third kappa shape index (κ3) is 3.48. The van der Waals surface area contributed by atoms with Gasteiger partial charge in [-0.2, -0.15) is 0 Å². The molecule has 0 atom stereocenters. The molecule has 0 spiro atoms. The molecular formula is C24H28GeN2O. The van der Waals surface area contributed by atoms with Gasteiger partial charge < -0.3 is 0 Å². The quantitative estimate of drug-likeness (QED) is 0.364. The SMILES string of the molecule is [2H]C([2H])([2H])c1ccc2c(n1)oc1c(-c3cc(CC(C)C)[c]([Ge]([CH3])([CH3])[CH3])cn3)cccc12. The predicted molar refractivity (Wildman–Crippen MR) is 121 cm³/mol. The third-order valence-corrected chi connectivity index (χ3v) is 9.40. The van der Waals surface area contributed by atoms with Gasteiger partial charge in [0.15, 0.2) is 0 Å². The zero-order valence-corrected chi connectivity index (χ0v) is 19.2. The van der Waals surface area contributed by atoms with Crippen LogP contribution in [0.3, 0.4) is 0 Å². The molecule has 0 radical (unpaired) electrons. The summed E-state index contributed by atoms with van der Waals surface area (Å²) in [6.45, 7) is 2.22. The van der Waals surface area contributed by atoms with E-state index < -0.39 is 20.1 Å². The molecule has 0 fully saturated rings. The van der Waals surface area contributed by atoms with Gasteiger partial charge in [0.05, 0.1) is 0 Å². The van der Waals surface area contributed by atoms with Crippen molar-refractivity contribution in [2.45, 2.75) is 44.4 Å². The average Bonchev–Trinajstić information content (AvgIpc) is 3.03. The Hall–Kier alpha value is -2.14. The van der Waals surface area contributed by atoms with Gasteiger partial charge in [-0.3, -0.25) is 0 Å². The molecule has 0 unspecified atom stereocenters. The first-order valence-corrected chi connectivity index (χ1v) is 17.1. The number of aryl methyl sites for hydroxylation is 1. The number of pyridine rings is 2. The number of para-hydroxylation sites is 1. The molecule has 0 N–H and O–H groups in total. The molecule has 3 aromatic heterocycles. The second-order valence-electron chi connectivity index (χ2n) is 8.91. The Morgan fingerprint density at radius 2 is 1.93 bits per heavy atom. The molecule has 0 bridgehead atoms. The summed E-state index contributed by atoms with van der Waals surface area (Å²) in [7, 11) is 0. The van der Waals surface area contributed by atoms with E-state index in [1.807, 2.05) is 18.2 Å². The van der Waals surface area contributed by atoms with E-state index in [2.05, 4.69) is 48.4 Å². The first-order chi connectivity index (χ1) is 14.4. The Morgan fingerprint density at radius 1 is 1.11 bits per heavy atom. The fourth-order valence-corrected chi connectivity index (χ4v) is 7.14. The number of hydrogen-bond donors (Lipinski definition) is 0. The molecule has 4 aromatic rings. The molecule has 0 saturated carbocycles. The van der Waals surface area contributed by atoms with Gasteiger partial charge in [-0.25, -0.2) is 0 Å². The van der Waals surface area contributed by atoms with E-state index in [4.69, 9.17) is 13.5 Å². The molecular weight excluding hydrogens is 405 g/mol. The molecule has 0 amide bonds. The van der Waals surface area contributed by atoms with Gasteiger partial charge in [0, 0.05) is 0 Å². The fourth-order valence-electron chi connectivity index (χ4n) is 3.81. The molecule has 144 valence electrons. The monoisotopic (exact) mass is 437 g/mol. The van der Waals surface area contributed by atoms with Crippen LogP contribution < -0.4 is 4.40 Å². The Bertz CT molecular complexity index is 1270. The third-order valence-electron chi connectivity index (χ3n) is 5.07. The second-order valence-corrected chi connectivity index (χ2v) is 19.5. The van der Waals surface area contributed by atoms with Gasteiger partial charge in [0.2, 0.25) is 0 Å². The Morgan fingerprint density at radius 3 is 2.64 bits per heavy atom. The fraction of sp³-hybridized carbons (Fsp3) is 0.333. The van der Waals surface area contributed by atoms with E-state index in [9.17, 15) is 0 Å². The van der Waals surface area contributed by atoms with E-state index in [-0.39, 0.29) is 5.69 Å². The van der Waals surface area contributed by atoms with E-state index in [0.717, 1.165) is 28.5 Å². The second kappa shape index (κ2) is 7.03. The van der Waals surface area contributed by atoms with Gasteiger partial charge in [-0.15, -0.1) is 0 Å². The van der Waals surface area contributed by atoms with Crippen LogP contribution in [0.1, 0.15) is 29.2 Å². The summed E-state index contributed by atoms with van der Waals surface area (Å²) in [5.41, 5.74) is 4.25. The van der Waals surface area contributed by atoms with Crippen molar-refractivity contribution in [1.82, 2.24) is 9.97 Å². The standard InChI is InChI=1S/C24H28GeN2O/c1-15(2)12-17-13-22(26-14-21(17)25(4,5)6)20-9-7-8-18-19-11-10-16(3)27-24(19)28-23(18)20/h7-11,13-15H,12H2,1-6H3/i3D3. The van der Waals surface area contributed by atoms with Crippen molar-refractivity contribution in [3.63, 3.8) is 0 Å². The molecule has 3 nitrogen and oxygen atoms in total. The number of aromatic nitrogens is 2. The van der Waals surface area contributed by atoms with Crippen LogP contribution in [0.2, 0.25) is 17.3 Å². The minimum atomic E-state index is -2.27. The number of hydrogen-bond acceptors (Lipinski definition) is 3. The molecule has 0 saturated heterocycles. The number of nitrogens with zero attached hydrogens (tertiary/aromatic N) is 2. The zero-order chi connectivity index (χ0) is 22.6. The summed E-state index contributed by atoms with van der Waals surface area (Å²) >= 11 is -2.06. The van der Waals surface area contributed by atoms with Crippen LogP contribution in [0.4, 0.5) is 0 Å². The van der Waals surface area contributed by atoms with Crippen LogP contribution in [0.15, 0.2) is 47.0 Å². The summed E-state index contributed by atoms with van der Waals surface area (Å²) in [5.74, 6) is 7.75. The molecule has 1 aromatic carbocycles. The van der Waals surface area contributed by atoms with Crippen molar-refractivity contribution in [1.29, 1.82) is 0 Å². The van der Waals surface area contributed by atoms with Crippen LogP contribution in [0, 0.1) is 12.8 Å². The maximum absolute atomic E-state index is 7.63. The Balaban J connectivity index is 1.91. The van der Waals surface area contributed by atoms with Gasteiger partial charge >= 0.3 is 174 Å². The summed E-state index contributed by atoms with van der Waals surface area (Å²) in [5, 5.41) is 1.73. The summed E-state index contributed by atoms with van der Waals surface area (Å²) in [4.78, 5) is 9.12. The molecule has 3 heterocycles. The van der Waals surface area contributed by atoms with E-state index in [0.29, 0.717) is 17.2 Å². The molecule has 4 rings (SSSR count). The topological polar surface area (TPSA) is 38.9 Å². The number of fused-ring (bicyclic) bond motifs is 3. The Labute approximate surface area is 173 Å². The predicted octanol–water partition coefficient (Wildman–Crippen LogP) is 6.10. The number of rotatable bonds is 4. The minimum absolute atomic E-state index is 0.0409. The van der Waals surface area contributed by atoms with E-state index in [1.165, 1.54) is 9.96 Å². The van der Waals surface area contributed by atoms with Crippen molar-refractivity contribution in [2.24, 2.45) is 5.92 Å². The van der Waals surface area contributed by atoms with Crippen LogP contribution in [0.25, 0.3) is 33.3 Å². The summed E-state index contributed by atoms with van der Waals surface area (Å²) < 4.78 is 30.4. The molecule has 0 aliphatic heterocycles. The van der Waals surface area contributed by atoms with Crippen LogP contribution in [-0.4, -0.2) is 23.2 Å². The van der Waals surface area contributed by atoms with Crippen molar-refractivity contribution in [3.8, 4) is 11.3 Å². The van der Waals surface area contributed by atoms with Crippen molar-refractivity contribution < 1.29 is 8.53 Å². The van der Waals surface area contributed by atoms with Crippen LogP contribution >= 0.6 is 0 Å². The zero-order valence-electron chi connectivity index (χ0n) is 20.1. The van der Waals surface area contributed by atoms with Crippen molar-refractivity contribution in [2.75, 3.05) is 0 Å². The number of benzene rings is 1. The van der Waals surface area contributed by atoms with Gasteiger partial charge in [-0.1, -0.05) is 0 Å². The summed E-state index contributed by atoms with van der Waals surface area (Å²) in [6.07, 6.45) is 3.09. The van der Waals surface area contributed by atoms with Crippen molar-refractivity contribution >= 4 is 39.7 Å². The molecule has 0 aliphatic carbocycles. The van der Waals surface area contributed by atoms with Gasteiger partial charge in [0.1, 0.15) is 0 Å². The van der Waals surface area contributed by atoms with Gasteiger partial charge in [0.25, 0.3) is 0 Å².